The summed E-state index contributed by atoms with van der Waals surface area (Å²) in [6.45, 7) is 4.50. The summed E-state index contributed by atoms with van der Waals surface area (Å²) in [6.07, 6.45) is 0. The number of phenols is 1. The maximum atomic E-state index is 9.93. The van der Waals surface area contributed by atoms with Crippen molar-refractivity contribution in [2.75, 3.05) is 0 Å². The van der Waals surface area contributed by atoms with Crippen molar-refractivity contribution in [2.45, 2.75) is 20.4 Å². The smallest absolute Gasteiger partial charge is 0.124 e. The molecule has 0 heterocycles. The van der Waals surface area contributed by atoms with Gasteiger partial charge in [0, 0.05) is 11.9 Å². The Balaban J connectivity index is 2.90. The van der Waals surface area contributed by atoms with Crippen LogP contribution < -0.4 is 5.73 Å². The summed E-state index contributed by atoms with van der Waals surface area (Å²) < 4.78 is 0. The van der Waals surface area contributed by atoms with E-state index in [-0.39, 0.29) is 0 Å². The van der Waals surface area contributed by atoms with Crippen molar-refractivity contribution in [1.82, 2.24) is 0 Å². The minimum Gasteiger partial charge on any atom is -0.507 e. The summed E-state index contributed by atoms with van der Waals surface area (Å²) in [4.78, 5) is 0. The minimum atomic E-state index is 0.328. The quantitative estimate of drug-likeness (QED) is 0.745. The van der Waals surface area contributed by atoms with Crippen molar-refractivity contribution in [3.8, 4) is 5.75 Å². The lowest BCUT2D eigenvalue weighted by Crippen LogP contribution is -1.96. The fraction of sp³-hybridized carbons (Fsp3) is 0.231. The Morgan fingerprint density at radius 3 is 2.47 bits per heavy atom. The Kier molecular flexibility index (Phi) is 2.37. The Morgan fingerprint density at radius 1 is 1.13 bits per heavy atom. The van der Waals surface area contributed by atoms with Gasteiger partial charge in [0.2, 0.25) is 0 Å². The van der Waals surface area contributed by atoms with Crippen LogP contribution in [0.5, 0.6) is 5.75 Å². The highest BCUT2D eigenvalue weighted by Crippen LogP contribution is 2.31. The van der Waals surface area contributed by atoms with Gasteiger partial charge in [-0.15, -0.1) is 0 Å². The lowest BCUT2D eigenvalue weighted by Gasteiger charge is -2.09. The molecular weight excluding hydrogens is 186 g/mol. The van der Waals surface area contributed by atoms with Gasteiger partial charge in [0.1, 0.15) is 5.75 Å². The first-order valence-corrected chi connectivity index (χ1v) is 5.05. The number of phenolic OH excluding ortho intramolecular Hbond substituents is 1. The van der Waals surface area contributed by atoms with Crippen LogP contribution in [-0.2, 0) is 6.54 Å². The van der Waals surface area contributed by atoms with Crippen LogP contribution in [0, 0.1) is 13.8 Å². The molecule has 78 valence electrons. The molecule has 2 aromatic carbocycles. The Morgan fingerprint density at radius 2 is 1.80 bits per heavy atom. The van der Waals surface area contributed by atoms with E-state index in [9.17, 15) is 5.11 Å². The van der Waals surface area contributed by atoms with Gasteiger partial charge in [-0.2, -0.15) is 0 Å². The molecule has 0 saturated carbocycles. The molecule has 0 aromatic heterocycles. The highest BCUT2D eigenvalue weighted by atomic mass is 16.3. The summed E-state index contributed by atoms with van der Waals surface area (Å²) in [7, 11) is 0. The third-order valence-corrected chi connectivity index (χ3v) is 2.82. The van der Waals surface area contributed by atoms with Crippen molar-refractivity contribution in [1.29, 1.82) is 0 Å². The number of aromatic hydroxyl groups is 1. The zero-order chi connectivity index (χ0) is 11.0. The van der Waals surface area contributed by atoms with Crippen LogP contribution in [-0.4, -0.2) is 5.11 Å². The van der Waals surface area contributed by atoms with Crippen LogP contribution in [0.2, 0.25) is 0 Å². The maximum absolute atomic E-state index is 9.93. The molecule has 2 rings (SSSR count). The molecule has 2 aromatic rings. The number of hydrogen-bond donors (Lipinski definition) is 2. The van der Waals surface area contributed by atoms with Crippen LogP contribution in [0.4, 0.5) is 0 Å². The lowest BCUT2D eigenvalue weighted by atomic mass is 9.98. The predicted molar refractivity (Wildman–Crippen MR) is 63.0 cm³/mol. The number of hydrogen-bond acceptors (Lipinski definition) is 2. The van der Waals surface area contributed by atoms with E-state index < -0.39 is 0 Å². The zero-order valence-electron chi connectivity index (χ0n) is 9.04. The van der Waals surface area contributed by atoms with Crippen LogP contribution >= 0.6 is 0 Å². The number of nitrogens with two attached hydrogens (primary N) is 1. The molecule has 0 fully saturated rings. The first-order chi connectivity index (χ1) is 7.13. The summed E-state index contributed by atoms with van der Waals surface area (Å²) in [5.74, 6) is 0.328. The van der Waals surface area contributed by atoms with Crippen molar-refractivity contribution < 1.29 is 5.11 Å². The lowest BCUT2D eigenvalue weighted by molar-refractivity contribution is 0.480. The third kappa shape index (κ3) is 1.57. The van der Waals surface area contributed by atoms with Gasteiger partial charge in [-0.1, -0.05) is 12.1 Å². The van der Waals surface area contributed by atoms with Crippen molar-refractivity contribution in [3.05, 3.63) is 41.0 Å². The molecule has 0 spiro atoms. The number of benzene rings is 2. The number of rotatable bonds is 1. The average Bonchev–Trinajstić information content (AvgIpc) is 2.23. The van der Waals surface area contributed by atoms with Crippen molar-refractivity contribution in [2.24, 2.45) is 5.73 Å². The van der Waals surface area contributed by atoms with E-state index in [0.29, 0.717) is 12.3 Å². The Labute approximate surface area is 89.3 Å². The zero-order valence-corrected chi connectivity index (χ0v) is 9.04. The molecule has 0 aliphatic rings. The maximum Gasteiger partial charge on any atom is 0.124 e. The van der Waals surface area contributed by atoms with E-state index >= 15 is 0 Å². The molecule has 0 radical (unpaired) electrons. The van der Waals surface area contributed by atoms with Crippen LogP contribution in [0.1, 0.15) is 16.7 Å². The van der Waals surface area contributed by atoms with Crippen molar-refractivity contribution >= 4 is 10.8 Å². The van der Waals surface area contributed by atoms with Gasteiger partial charge in [-0.25, -0.2) is 0 Å². The molecular formula is C13H15NO. The van der Waals surface area contributed by atoms with E-state index in [1.807, 2.05) is 19.9 Å². The fourth-order valence-electron chi connectivity index (χ4n) is 1.95. The second kappa shape index (κ2) is 3.55. The van der Waals surface area contributed by atoms with E-state index in [1.54, 1.807) is 6.07 Å². The summed E-state index contributed by atoms with van der Waals surface area (Å²) in [5.41, 5.74) is 8.82. The van der Waals surface area contributed by atoms with E-state index in [1.165, 1.54) is 5.56 Å². The third-order valence-electron chi connectivity index (χ3n) is 2.82. The second-order valence-electron chi connectivity index (χ2n) is 3.94. The van der Waals surface area contributed by atoms with Gasteiger partial charge in [-0.3, -0.25) is 0 Å². The highest BCUT2D eigenvalue weighted by molar-refractivity contribution is 5.93. The van der Waals surface area contributed by atoms with E-state index in [4.69, 9.17) is 5.73 Å². The van der Waals surface area contributed by atoms with E-state index in [0.717, 1.165) is 21.9 Å². The Bertz CT molecular complexity index is 517. The first kappa shape index (κ1) is 9.99. The largest absolute Gasteiger partial charge is 0.507 e. The normalized spacial score (nSPS) is 10.9. The molecule has 2 nitrogen and oxygen atoms in total. The summed E-state index contributed by atoms with van der Waals surface area (Å²) in [5, 5.41) is 12.0. The molecule has 0 amide bonds. The summed E-state index contributed by atoms with van der Waals surface area (Å²) in [6, 6.07) is 7.89. The molecule has 2 heteroatoms. The molecule has 0 unspecified atom stereocenters. The van der Waals surface area contributed by atoms with Crippen LogP contribution in [0.3, 0.4) is 0 Å². The molecule has 0 saturated heterocycles. The average molecular weight is 201 g/mol. The van der Waals surface area contributed by atoms with Gasteiger partial charge >= 0.3 is 0 Å². The SMILES string of the molecule is Cc1ccc(C)c2c(O)cc(CN)cc12. The molecule has 0 aliphatic carbocycles. The second-order valence-corrected chi connectivity index (χ2v) is 3.94. The predicted octanol–water partition coefficient (Wildman–Crippen LogP) is 2.62. The summed E-state index contributed by atoms with van der Waals surface area (Å²) >= 11 is 0. The Hall–Kier alpha value is -1.54. The first-order valence-electron chi connectivity index (χ1n) is 5.05. The van der Waals surface area contributed by atoms with Crippen molar-refractivity contribution in [3.63, 3.8) is 0 Å². The van der Waals surface area contributed by atoms with Gasteiger partial charge in [0.15, 0.2) is 0 Å². The number of aryl methyl sites for hydroxylation is 2. The van der Waals surface area contributed by atoms with Gasteiger partial charge < -0.3 is 10.8 Å². The van der Waals surface area contributed by atoms with Crippen LogP contribution in [0.15, 0.2) is 24.3 Å². The monoisotopic (exact) mass is 201 g/mol. The topological polar surface area (TPSA) is 46.2 Å². The van der Waals surface area contributed by atoms with Crippen LogP contribution in [0.25, 0.3) is 10.8 Å². The molecule has 0 atom stereocenters. The molecule has 3 N–H and O–H groups in total. The minimum absolute atomic E-state index is 0.328. The van der Waals surface area contributed by atoms with Gasteiger partial charge in [0.25, 0.3) is 0 Å². The van der Waals surface area contributed by atoms with Gasteiger partial charge in [0.05, 0.1) is 0 Å². The highest BCUT2D eigenvalue weighted by Gasteiger charge is 2.06. The molecule has 0 bridgehead atoms. The van der Waals surface area contributed by atoms with E-state index in [2.05, 4.69) is 12.1 Å². The molecule has 15 heavy (non-hydrogen) atoms. The number of fused-ring (bicyclic) bond motifs is 1. The fourth-order valence-corrected chi connectivity index (χ4v) is 1.95. The van der Waals surface area contributed by atoms with Gasteiger partial charge in [-0.05, 0) is 48.1 Å². The standard InChI is InChI=1S/C13H15NO/c1-8-3-4-9(2)13-11(8)5-10(7-14)6-12(13)15/h3-6,15H,7,14H2,1-2H3. The molecule has 0 aliphatic heterocycles.